The van der Waals surface area contributed by atoms with Gasteiger partial charge in [0.05, 0.1) is 30.2 Å². The monoisotopic (exact) mass is 495 g/mol. The standard InChI is InChI=1S/C16H25BrF3NO6S/c1-10-7-11(26-13(10)12(22)8-17)9-21(14(23)27-15(2,3)4)28(24,25)6-5-16(18,19)20/h10-11,13H,5-9H2,1-4H3/t10-,11?,13+/m0/s1. The van der Waals surface area contributed by atoms with Crippen LogP contribution in [0.1, 0.15) is 40.5 Å². The van der Waals surface area contributed by atoms with E-state index in [2.05, 4.69) is 15.9 Å². The molecule has 12 heteroatoms. The Hall–Kier alpha value is -0.880. The fourth-order valence-electron chi connectivity index (χ4n) is 2.68. The number of Topliss-reactive ketones (excluding diaryl/α,β-unsaturated/α-hetero) is 1. The second kappa shape index (κ2) is 9.29. The van der Waals surface area contributed by atoms with Crippen LogP contribution in [-0.2, 0) is 24.3 Å². The van der Waals surface area contributed by atoms with Crippen molar-refractivity contribution in [1.29, 1.82) is 0 Å². The Labute approximate surface area is 171 Å². The molecule has 0 N–H and O–H groups in total. The zero-order valence-corrected chi connectivity index (χ0v) is 18.5. The number of halogens is 4. The first-order valence-corrected chi connectivity index (χ1v) is 11.3. The number of hydrogen-bond donors (Lipinski definition) is 0. The highest BCUT2D eigenvalue weighted by Crippen LogP contribution is 2.29. The zero-order chi connectivity index (χ0) is 21.9. The fraction of sp³-hybridized carbons (Fsp3) is 0.875. The molecule has 1 fully saturated rings. The lowest BCUT2D eigenvalue weighted by atomic mass is 9.99. The van der Waals surface area contributed by atoms with Crippen LogP contribution in [0.3, 0.4) is 0 Å². The molecule has 0 aromatic heterocycles. The summed E-state index contributed by atoms with van der Waals surface area (Å²) in [6.45, 7) is 5.73. The van der Waals surface area contributed by atoms with E-state index in [0.29, 0.717) is 0 Å². The molecule has 0 bridgehead atoms. The molecule has 0 aromatic rings. The number of ether oxygens (including phenoxy) is 2. The molecule has 7 nitrogen and oxygen atoms in total. The predicted octanol–water partition coefficient (Wildman–Crippen LogP) is 3.26. The number of sulfonamides is 1. The van der Waals surface area contributed by atoms with Gasteiger partial charge in [0.1, 0.15) is 11.7 Å². The van der Waals surface area contributed by atoms with Crippen molar-refractivity contribution in [2.45, 2.75) is 64.5 Å². The highest BCUT2D eigenvalue weighted by Gasteiger charge is 2.42. The third kappa shape index (κ3) is 7.86. The van der Waals surface area contributed by atoms with E-state index >= 15 is 0 Å². The van der Waals surface area contributed by atoms with E-state index in [9.17, 15) is 31.2 Å². The van der Waals surface area contributed by atoms with Crippen molar-refractivity contribution >= 4 is 37.8 Å². The molecule has 1 heterocycles. The van der Waals surface area contributed by atoms with Crippen LogP contribution in [0.25, 0.3) is 0 Å². The number of nitrogens with zero attached hydrogens (tertiary/aromatic N) is 1. The molecule has 0 spiro atoms. The van der Waals surface area contributed by atoms with Crippen LogP contribution in [0, 0.1) is 5.92 Å². The molecule has 1 rings (SSSR count). The van der Waals surface area contributed by atoms with Gasteiger partial charge < -0.3 is 9.47 Å². The number of carbonyl (C=O) groups excluding carboxylic acids is 2. The van der Waals surface area contributed by atoms with Gasteiger partial charge >= 0.3 is 12.3 Å². The lowest BCUT2D eigenvalue weighted by molar-refractivity contribution is -0.130. The number of amides is 1. The molecule has 0 saturated carbocycles. The first-order valence-electron chi connectivity index (χ1n) is 8.60. The highest BCUT2D eigenvalue weighted by molar-refractivity contribution is 9.09. The largest absolute Gasteiger partial charge is 0.443 e. The molecule has 0 aromatic carbocycles. The first kappa shape index (κ1) is 25.2. The Bertz CT molecular complexity index is 677. The second-order valence-corrected chi connectivity index (χ2v) is 10.3. The number of rotatable bonds is 7. The van der Waals surface area contributed by atoms with E-state index in [1.54, 1.807) is 6.92 Å². The van der Waals surface area contributed by atoms with E-state index < -0.39 is 58.8 Å². The number of hydrogen-bond acceptors (Lipinski definition) is 6. The lowest BCUT2D eigenvalue weighted by Crippen LogP contribution is -2.46. The Balaban J connectivity index is 3.02. The van der Waals surface area contributed by atoms with E-state index in [0.717, 1.165) is 0 Å². The lowest BCUT2D eigenvalue weighted by Gasteiger charge is -2.28. The SMILES string of the molecule is C[C@H]1CC(CN(C(=O)OC(C)(C)C)S(=O)(=O)CCC(F)(F)F)O[C@H]1C(=O)CBr. The number of carbonyl (C=O) groups is 2. The van der Waals surface area contributed by atoms with Crippen LogP contribution in [-0.4, -0.2) is 66.2 Å². The number of ketones is 1. The summed E-state index contributed by atoms with van der Waals surface area (Å²) >= 11 is 3.03. The summed E-state index contributed by atoms with van der Waals surface area (Å²) in [5.74, 6) is -1.76. The molecule has 1 aliphatic rings. The topological polar surface area (TPSA) is 90.0 Å². The van der Waals surface area contributed by atoms with Crippen molar-refractivity contribution in [1.82, 2.24) is 4.31 Å². The second-order valence-electron chi connectivity index (χ2n) is 7.68. The maximum atomic E-state index is 12.5. The molecular formula is C16H25BrF3NO6S. The van der Waals surface area contributed by atoms with Gasteiger partial charge in [0.2, 0.25) is 10.0 Å². The third-order valence-corrected chi connectivity index (χ3v) is 6.13. The van der Waals surface area contributed by atoms with Crippen LogP contribution < -0.4 is 0 Å². The Kier molecular flexibility index (Phi) is 8.35. The molecule has 0 radical (unpaired) electrons. The van der Waals surface area contributed by atoms with Gasteiger partial charge in [-0.1, -0.05) is 22.9 Å². The summed E-state index contributed by atoms with van der Waals surface area (Å²) in [6.07, 6.45) is -8.89. The summed E-state index contributed by atoms with van der Waals surface area (Å²) < 4.78 is 73.2. The van der Waals surface area contributed by atoms with Crippen LogP contribution in [0.5, 0.6) is 0 Å². The van der Waals surface area contributed by atoms with Crippen LogP contribution >= 0.6 is 15.9 Å². The minimum Gasteiger partial charge on any atom is -0.443 e. The van der Waals surface area contributed by atoms with E-state index in [-0.39, 0.29) is 27.8 Å². The average molecular weight is 496 g/mol. The smallest absolute Gasteiger partial charge is 0.424 e. The zero-order valence-electron chi connectivity index (χ0n) is 16.1. The van der Waals surface area contributed by atoms with Gasteiger partial charge in [-0.2, -0.15) is 13.2 Å². The van der Waals surface area contributed by atoms with E-state index in [4.69, 9.17) is 9.47 Å². The van der Waals surface area contributed by atoms with Crippen molar-refractivity contribution in [2.24, 2.45) is 5.92 Å². The van der Waals surface area contributed by atoms with Crippen LogP contribution in [0.4, 0.5) is 18.0 Å². The van der Waals surface area contributed by atoms with Gasteiger partial charge in [0, 0.05) is 0 Å². The predicted molar refractivity (Wildman–Crippen MR) is 98.6 cm³/mol. The summed E-state index contributed by atoms with van der Waals surface area (Å²) in [4.78, 5) is 24.3. The maximum absolute atomic E-state index is 12.5. The molecule has 1 saturated heterocycles. The Morgan fingerprint density at radius 1 is 1.25 bits per heavy atom. The van der Waals surface area contributed by atoms with E-state index in [1.807, 2.05) is 0 Å². The first-order chi connectivity index (χ1) is 12.6. The average Bonchev–Trinajstić information content (AvgIpc) is 2.88. The Morgan fingerprint density at radius 2 is 1.82 bits per heavy atom. The van der Waals surface area contributed by atoms with Gasteiger partial charge in [-0.3, -0.25) is 4.79 Å². The number of alkyl halides is 4. The van der Waals surface area contributed by atoms with Crippen molar-refractivity contribution in [2.75, 3.05) is 17.6 Å². The van der Waals surface area contributed by atoms with Crippen molar-refractivity contribution in [3.63, 3.8) is 0 Å². The molecule has 1 amide bonds. The fourth-order valence-corrected chi connectivity index (χ4v) is 4.36. The van der Waals surface area contributed by atoms with Gasteiger partial charge in [0.25, 0.3) is 0 Å². The summed E-state index contributed by atoms with van der Waals surface area (Å²) in [5, 5.41) is 0.0500. The Morgan fingerprint density at radius 3 is 2.29 bits per heavy atom. The molecule has 1 aliphatic heterocycles. The maximum Gasteiger partial charge on any atom is 0.424 e. The van der Waals surface area contributed by atoms with Crippen molar-refractivity contribution in [3.05, 3.63) is 0 Å². The van der Waals surface area contributed by atoms with Gasteiger partial charge in [-0.25, -0.2) is 17.5 Å². The quantitative estimate of drug-likeness (QED) is 0.503. The van der Waals surface area contributed by atoms with E-state index in [1.165, 1.54) is 20.8 Å². The third-order valence-electron chi connectivity index (χ3n) is 3.89. The van der Waals surface area contributed by atoms with Gasteiger partial charge in [-0.15, -0.1) is 0 Å². The molecular weight excluding hydrogens is 471 g/mol. The van der Waals surface area contributed by atoms with Gasteiger partial charge in [0.15, 0.2) is 5.78 Å². The van der Waals surface area contributed by atoms with Crippen LogP contribution in [0.15, 0.2) is 0 Å². The molecule has 0 aliphatic carbocycles. The summed E-state index contributed by atoms with van der Waals surface area (Å²) in [5.41, 5.74) is -1.05. The van der Waals surface area contributed by atoms with Gasteiger partial charge in [-0.05, 0) is 33.1 Å². The highest BCUT2D eigenvalue weighted by atomic mass is 79.9. The normalized spacial score (nSPS) is 23.5. The molecule has 3 atom stereocenters. The van der Waals surface area contributed by atoms with Crippen molar-refractivity contribution < 1.29 is 40.7 Å². The molecule has 164 valence electrons. The minimum atomic E-state index is -4.70. The van der Waals surface area contributed by atoms with Crippen molar-refractivity contribution in [3.8, 4) is 0 Å². The summed E-state index contributed by atoms with van der Waals surface area (Å²) in [7, 11) is -4.61. The van der Waals surface area contributed by atoms with Crippen LogP contribution in [0.2, 0.25) is 0 Å². The summed E-state index contributed by atoms with van der Waals surface area (Å²) in [6, 6.07) is 0. The minimum absolute atomic E-state index is 0.0500. The molecule has 28 heavy (non-hydrogen) atoms. The molecule has 1 unspecified atom stereocenters.